The highest BCUT2D eigenvalue weighted by atomic mass is 16.5. The Labute approximate surface area is 166 Å². The highest BCUT2D eigenvalue weighted by Gasteiger charge is 2.25. The van der Waals surface area contributed by atoms with Crippen molar-refractivity contribution in [3.63, 3.8) is 0 Å². The van der Waals surface area contributed by atoms with Gasteiger partial charge in [0.15, 0.2) is 0 Å². The van der Waals surface area contributed by atoms with E-state index in [1.54, 1.807) is 0 Å². The Bertz CT molecular complexity index is 764. The maximum Gasteiger partial charge on any atom is 0.247 e. The van der Waals surface area contributed by atoms with Crippen LogP contribution in [-0.4, -0.2) is 58.9 Å². The predicted octanol–water partition coefficient (Wildman–Crippen LogP) is 2.59. The molecule has 0 saturated carbocycles. The number of rotatable bonds is 7. The van der Waals surface area contributed by atoms with Crippen LogP contribution in [0.3, 0.4) is 0 Å². The van der Waals surface area contributed by atoms with Gasteiger partial charge in [0.25, 0.3) is 0 Å². The van der Waals surface area contributed by atoms with E-state index in [1.807, 2.05) is 31.2 Å². The number of amides is 1. The van der Waals surface area contributed by atoms with Crippen LogP contribution in [0.15, 0.2) is 28.7 Å². The van der Waals surface area contributed by atoms with Crippen molar-refractivity contribution >= 4 is 5.91 Å². The average molecular weight is 386 g/mol. The van der Waals surface area contributed by atoms with E-state index in [2.05, 4.69) is 41.2 Å². The van der Waals surface area contributed by atoms with E-state index in [0.29, 0.717) is 31.2 Å². The number of aryl methyl sites for hydroxylation is 2. The Morgan fingerprint density at radius 3 is 2.57 bits per heavy atom. The van der Waals surface area contributed by atoms with E-state index in [-0.39, 0.29) is 24.2 Å². The summed E-state index contributed by atoms with van der Waals surface area (Å²) in [6, 6.07) is 8.18. The van der Waals surface area contributed by atoms with E-state index in [4.69, 9.17) is 9.15 Å². The van der Waals surface area contributed by atoms with E-state index >= 15 is 0 Å². The number of carbonyl (C=O) groups excluding carboxylic acids is 1. The first-order valence-electron chi connectivity index (χ1n) is 9.96. The number of hydrogen-bond donors (Lipinski definition) is 1. The maximum absolute atomic E-state index is 12.2. The second-order valence-corrected chi connectivity index (χ2v) is 7.73. The molecule has 0 radical (unpaired) electrons. The molecule has 0 aliphatic carbocycles. The molecule has 1 aromatic carbocycles. The smallest absolute Gasteiger partial charge is 0.247 e. The van der Waals surface area contributed by atoms with E-state index in [1.165, 1.54) is 5.56 Å². The zero-order valence-electron chi connectivity index (χ0n) is 17.1. The standard InChI is InChI=1S/C21H30N4O3/c1-14-5-7-18(8-6-14)21-24-23-20(28-21)10-9-19(26)22-11-15(2)25-12-16(3)27-17(4)13-25/h5-8,15-17H,9-13H2,1-4H3,(H,22,26). The minimum Gasteiger partial charge on any atom is -0.421 e. The first kappa shape index (κ1) is 20.5. The van der Waals surface area contributed by atoms with Gasteiger partial charge < -0.3 is 14.5 Å². The summed E-state index contributed by atoms with van der Waals surface area (Å²) in [6.45, 7) is 10.7. The molecule has 1 fully saturated rings. The zero-order valence-corrected chi connectivity index (χ0v) is 17.1. The van der Waals surface area contributed by atoms with Crippen LogP contribution in [0.25, 0.3) is 11.5 Å². The first-order chi connectivity index (χ1) is 13.4. The summed E-state index contributed by atoms with van der Waals surface area (Å²) in [6.07, 6.45) is 1.22. The number of nitrogens with zero attached hydrogens (tertiary/aromatic N) is 3. The minimum absolute atomic E-state index is 0.00343. The van der Waals surface area contributed by atoms with Crippen molar-refractivity contribution in [3.8, 4) is 11.5 Å². The van der Waals surface area contributed by atoms with Crippen LogP contribution < -0.4 is 5.32 Å². The number of nitrogens with one attached hydrogen (secondary N) is 1. The molecule has 7 heteroatoms. The normalized spacial score (nSPS) is 21.4. The molecule has 1 aliphatic rings. The second-order valence-electron chi connectivity index (χ2n) is 7.73. The molecule has 1 aliphatic heterocycles. The van der Waals surface area contributed by atoms with Gasteiger partial charge in [0, 0.05) is 44.1 Å². The fraction of sp³-hybridized carbons (Fsp3) is 0.571. The minimum atomic E-state index is -0.00343. The average Bonchev–Trinajstić information content (AvgIpc) is 3.13. The lowest BCUT2D eigenvalue weighted by atomic mass is 10.1. The van der Waals surface area contributed by atoms with Crippen molar-refractivity contribution in [3.05, 3.63) is 35.7 Å². The van der Waals surface area contributed by atoms with Gasteiger partial charge in [0.1, 0.15) is 0 Å². The van der Waals surface area contributed by atoms with Gasteiger partial charge >= 0.3 is 0 Å². The monoisotopic (exact) mass is 386 g/mol. The van der Waals surface area contributed by atoms with E-state index in [0.717, 1.165) is 18.7 Å². The number of carbonyl (C=O) groups is 1. The summed E-state index contributed by atoms with van der Waals surface area (Å²) < 4.78 is 11.4. The SMILES string of the molecule is Cc1ccc(-c2nnc(CCC(=O)NCC(C)N3CC(C)OC(C)C3)o2)cc1. The molecule has 1 saturated heterocycles. The van der Waals surface area contributed by atoms with Crippen LogP contribution in [-0.2, 0) is 16.0 Å². The molecule has 3 atom stereocenters. The summed E-state index contributed by atoms with van der Waals surface area (Å²) >= 11 is 0. The lowest BCUT2D eigenvalue weighted by Gasteiger charge is -2.39. The quantitative estimate of drug-likeness (QED) is 0.788. The molecule has 0 spiro atoms. The summed E-state index contributed by atoms with van der Waals surface area (Å²) in [5.41, 5.74) is 2.06. The molecule has 152 valence electrons. The molecular weight excluding hydrogens is 356 g/mol. The number of ether oxygens (including phenoxy) is 1. The van der Waals surface area contributed by atoms with Gasteiger partial charge in [-0.15, -0.1) is 10.2 Å². The Kier molecular flexibility index (Phi) is 6.80. The van der Waals surface area contributed by atoms with Crippen LogP contribution >= 0.6 is 0 Å². The third kappa shape index (κ3) is 5.62. The summed E-state index contributed by atoms with van der Waals surface area (Å²) in [5, 5.41) is 11.1. The third-order valence-corrected chi connectivity index (χ3v) is 5.00. The molecule has 0 bridgehead atoms. The molecule has 1 amide bonds. The Balaban J connectivity index is 1.42. The third-order valence-electron chi connectivity index (χ3n) is 5.00. The van der Waals surface area contributed by atoms with Crippen LogP contribution in [0.2, 0.25) is 0 Å². The van der Waals surface area contributed by atoms with Crippen molar-refractivity contribution in [2.45, 2.75) is 58.8 Å². The highest BCUT2D eigenvalue weighted by molar-refractivity contribution is 5.76. The number of hydrogen-bond acceptors (Lipinski definition) is 6. The van der Waals surface area contributed by atoms with Crippen molar-refractivity contribution in [1.29, 1.82) is 0 Å². The van der Waals surface area contributed by atoms with Gasteiger partial charge in [-0.1, -0.05) is 17.7 Å². The fourth-order valence-corrected chi connectivity index (χ4v) is 3.44. The topological polar surface area (TPSA) is 80.5 Å². The molecule has 28 heavy (non-hydrogen) atoms. The first-order valence-corrected chi connectivity index (χ1v) is 9.96. The molecule has 3 unspecified atom stereocenters. The Morgan fingerprint density at radius 1 is 1.21 bits per heavy atom. The van der Waals surface area contributed by atoms with Gasteiger partial charge in [0.05, 0.1) is 12.2 Å². The van der Waals surface area contributed by atoms with E-state index < -0.39 is 0 Å². The maximum atomic E-state index is 12.2. The van der Waals surface area contributed by atoms with Crippen molar-refractivity contribution in [2.24, 2.45) is 0 Å². The molecule has 2 aromatic rings. The molecule has 7 nitrogen and oxygen atoms in total. The number of morpholine rings is 1. The van der Waals surface area contributed by atoms with Gasteiger partial charge in [-0.25, -0.2) is 0 Å². The summed E-state index contributed by atoms with van der Waals surface area (Å²) in [5.74, 6) is 0.963. The van der Waals surface area contributed by atoms with Crippen molar-refractivity contribution in [2.75, 3.05) is 19.6 Å². The zero-order chi connectivity index (χ0) is 20.1. The van der Waals surface area contributed by atoms with Gasteiger partial charge in [-0.2, -0.15) is 0 Å². The molecular formula is C21H30N4O3. The summed E-state index contributed by atoms with van der Waals surface area (Å²) in [4.78, 5) is 14.6. The largest absolute Gasteiger partial charge is 0.421 e. The molecule has 1 aromatic heterocycles. The lowest BCUT2D eigenvalue weighted by Crippen LogP contribution is -2.52. The Hall–Kier alpha value is -2.25. The fourth-order valence-electron chi connectivity index (χ4n) is 3.44. The van der Waals surface area contributed by atoms with Crippen molar-refractivity contribution < 1.29 is 13.9 Å². The predicted molar refractivity (Wildman–Crippen MR) is 107 cm³/mol. The van der Waals surface area contributed by atoms with Crippen LogP contribution in [0.4, 0.5) is 0 Å². The molecule has 1 N–H and O–H groups in total. The van der Waals surface area contributed by atoms with Crippen molar-refractivity contribution in [1.82, 2.24) is 20.4 Å². The molecule has 3 rings (SSSR count). The van der Waals surface area contributed by atoms with Gasteiger partial charge in [-0.05, 0) is 39.8 Å². The van der Waals surface area contributed by atoms with Crippen LogP contribution in [0.1, 0.15) is 38.6 Å². The summed E-state index contributed by atoms with van der Waals surface area (Å²) in [7, 11) is 0. The lowest BCUT2D eigenvalue weighted by molar-refractivity contribution is -0.121. The molecule has 2 heterocycles. The second kappa shape index (κ2) is 9.30. The highest BCUT2D eigenvalue weighted by Crippen LogP contribution is 2.18. The van der Waals surface area contributed by atoms with Crippen LogP contribution in [0, 0.1) is 6.92 Å². The van der Waals surface area contributed by atoms with E-state index in [9.17, 15) is 4.79 Å². The van der Waals surface area contributed by atoms with Gasteiger partial charge in [0.2, 0.25) is 17.7 Å². The van der Waals surface area contributed by atoms with Crippen LogP contribution in [0.5, 0.6) is 0 Å². The number of aromatic nitrogens is 2. The van der Waals surface area contributed by atoms with Gasteiger partial charge in [-0.3, -0.25) is 9.69 Å². The number of benzene rings is 1. The Morgan fingerprint density at radius 2 is 1.89 bits per heavy atom.